The smallest absolute Gasteiger partial charge is 0.170 e. The Morgan fingerprint density at radius 3 is 2.42 bits per heavy atom. The molecule has 0 heterocycles. The van der Waals surface area contributed by atoms with Gasteiger partial charge in [0.2, 0.25) is 0 Å². The third-order valence-corrected chi connectivity index (χ3v) is 3.64. The maximum Gasteiger partial charge on any atom is 0.170 e. The summed E-state index contributed by atoms with van der Waals surface area (Å²) in [6.45, 7) is 0.523. The fraction of sp³-hybridized carbons (Fsp3) is 0.294. The minimum absolute atomic E-state index is 0.523. The van der Waals surface area contributed by atoms with Crippen molar-refractivity contribution < 1.29 is 9.84 Å². The Hall–Kier alpha value is -1.98. The van der Waals surface area contributed by atoms with Gasteiger partial charge in [-0.25, -0.2) is 0 Å². The molecule has 3 rings (SSSR count). The van der Waals surface area contributed by atoms with E-state index in [2.05, 4.69) is 12.1 Å². The van der Waals surface area contributed by atoms with Crippen molar-refractivity contribution in [1.29, 1.82) is 0 Å². The normalized spacial score (nSPS) is 16.3. The summed E-state index contributed by atoms with van der Waals surface area (Å²) in [5, 5.41) is 10.2. The highest BCUT2D eigenvalue weighted by Gasteiger charge is 2.36. The first kappa shape index (κ1) is 12.1. The number of hydrogen-bond acceptors (Lipinski definition) is 2. The number of hydrogen-bond donors (Lipinski definition) is 1. The number of aliphatic hydroxyl groups is 1. The molecule has 2 aromatic carbocycles. The highest BCUT2D eigenvalue weighted by molar-refractivity contribution is 5.26. The molecule has 0 amide bonds. The van der Waals surface area contributed by atoms with Gasteiger partial charge in [0.1, 0.15) is 6.61 Å². The van der Waals surface area contributed by atoms with Gasteiger partial charge in [-0.1, -0.05) is 36.4 Å². The van der Waals surface area contributed by atoms with Crippen LogP contribution in [0.5, 0.6) is 5.75 Å². The van der Waals surface area contributed by atoms with Crippen molar-refractivity contribution in [1.82, 2.24) is 0 Å². The summed E-state index contributed by atoms with van der Waals surface area (Å²) >= 11 is 0. The summed E-state index contributed by atoms with van der Waals surface area (Å²) in [7, 11) is 0. The second kappa shape index (κ2) is 4.95. The van der Waals surface area contributed by atoms with Gasteiger partial charge < -0.3 is 9.84 Å². The highest BCUT2D eigenvalue weighted by Crippen LogP contribution is 2.40. The van der Waals surface area contributed by atoms with Crippen molar-refractivity contribution in [2.75, 3.05) is 0 Å². The molecule has 2 aromatic rings. The summed E-state index contributed by atoms with van der Waals surface area (Å²) in [5.74, 6) is 0.663. The standard InChI is InChI=1S/C17H16O2/c18-17(11-4-12-17)15-7-9-16(10-8-15)19-13-14-5-2-1-3-6-14/h1-3,5-7,9,18H,4,11-13H2. The highest BCUT2D eigenvalue weighted by atomic mass is 16.5. The summed E-state index contributed by atoms with van der Waals surface area (Å²) in [4.78, 5) is 0. The average molecular weight is 252 g/mol. The molecule has 0 saturated heterocycles. The van der Waals surface area contributed by atoms with Gasteiger partial charge in [0.25, 0.3) is 0 Å². The van der Waals surface area contributed by atoms with E-state index in [4.69, 9.17) is 4.74 Å². The lowest BCUT2D eigenvalue weighted by atomic mass is 9.76. The topological polar surface area (TPSA) is 29.5 Å². The van der Waals surface area contributed by atoms with E-state index in [1.54, 1.807) is 0 Å². The quantitative estimate of drug-likeness (QED) is 0.905. The van der Waals surface area contributed by atoms with Crippen LogP contribution in [0.3, 0.4) is 0 Å². The van der Waals surface area contributed by atoms with Crippen LogP contribution in [0.15, 0.2) is 42.5 Å². The van der Waals surface area contributed by atoms with Gasteiger partial charge in [-0.05, 0) is 43.0 Å². The Bertz CT molecular complexity index is 527. The van der Waals surface area contributed by atoms with Gasteiger partial charge in [0.05, 0.1) is 5.60 Å². The van der Waals surface area contributed by atoms with E-state index in [1.165, 1.54) is 0 Å². The molecule has 2 nitrogen and oxygen atoms in total. The fourth-order valence-corrected chi connectivity index (χ4v) is 2.24. The van der Waals surface area contributed by atoms with Crippen LogP contribution in [0.25, 0.3) is 0 Å². The molecule has 1 aliphatic carbocycles. The minimum Gasteiger partial charge on any atom is -0.481 e. The van der Waals surface area contributed by atoms with Crippen LogP contribution in [0.2, 0.25) is 0 Å². The first-order valence-corrected chi connectivity index (χ1v) is 6.60. The molecule has 19 heavy (non-hydrogen) atoms. The van der Waals surface area contributed by atoms with Crippen LogP contribution in [-0.4, -0.2) is 5.11 Å². The lowest BCUT2D eigenvalue weighted by molar-refractivity contribution is -0.0388. The zero-order chi connectivity index (χ0) is 13.1. The average Bonchev–Trinajstić information content (AvgIpc) is 2.44. The Kier molecular flexibility index (Phi) is 3.15. The zero-order valence-corrected chi connectivity index (χ0v) is 10.7. The molecule has 96 valence electrons. The molecule has 1 N–H and O–H groups in total. The summed E-state index contributed by atoms with van der Waals surface area (Å²) in [5.41, 5.74) is 1.28. The second-order valence-electron chi connectivity index (χ2n) is 5.02. The molecule has 0 atom stereocenters. The fourth-order valence-electron chi connectivity index (χ4n) is 2.24. The first-order chi connectivity index (χ1) is 9.26. The van der Waals surface area contributed by atoms with E-state index < -0.39 is 5.60 Å². The van der Waals surface area contributed by atoms with Crippen molar-refractivity contribution >= 4 is 0 Å². The van der Waals surface area contributed by atoms with Crippen LogP contribution in [0.1, 0.15) is 30.4 Å². The molecule has 0 radical (unpaired) electrons. The van der Waals surface area contributed by atoms with Gasteiger partial charge in [0, 0.05) is 5.56 Å². The molecule has 0 spiro atoms. The predicted octanol–water partition coefficient (Wildman–Crippen LogP) is 3.24. The number of benzene rings is 1. The molecule has 0 unspecified atom stereocenters. The van der Waals surface area contributed by atoms with Gasteiger partial charge in [-0.15, -0.1) is 0 Å². The third-order valence-electron chi connectivity index (χ3n) is 3.64. The molecule has 0 aromatic heterocycles. The lowest BCUT2D eigenvalue weighted by Crippen LogP contribution is -2.33. The third kappa shape index (κ3) is 2.57. The Labute approximate surface area is 113 Å². The second-order valence-corrected chi connectivity index (χ2v) is 5.02. The monoisotopic (exact) mass is 252 g/mol. The largest absolute Gasteiger partial charge is 0.481 e. The van der Waals surface area contributed by atoms with E-state index in [0.29, 0.717) is 12.4 Å². The van der Waals surface area contributed by atoms with E-state index in [-0.39, 0.29) is 0 Å². The Morgan fingerprint density at radius 1 is 1.05 bits per heavy atom. The SMILES string of the molecule is OC1(c2c#cc(OCc3ccccc3)cc2)CCC1. The van der Waals surface area contributed by atoms with Crippen molar-refractivity contribution in [2.45, 2.75) is 31.5 Å². The number of ether oxygens (including phenoxy) is 1. The van der Waals surface area contributed by atoms with Crippen molar-refractivity contribution in [3.8, 4) is 5.75 Å². The van der Waals surface area contributed by atoms with Gasteiger partial charge >= 0.3 is 0 Å². The molecule has 1 saturated carbocycles. The molecular formula is C17H16O2. The van der Waals surface area contributed by atoms with Crippen LogP contribution < -0.4 is 4.74 Å². The minimum atomic E-state index is -0.672. The van der Waals surface area contributed by atoms with Crippen LogP contribution in [-0.2, 0) is 12.2 Å². The van der Waals surface area contributed by atoms with Gasteiger partial charge in [-0.3, -0.25) is 0 Å². The number of rotatable bonds is 4. The Balaban J connectivity index is 1.63. The zero-order valence-electron chi connectivity index (χ0n) is 10.7. The van der Waals surface area contributed by atoms with Crippen molar-refractivity contribution in [3.63, 3.8) is 0 Å². The van der Waals surface area contributed by atoms with Gasteiger partial charge in [0.15, 0.2) is 5.75 Å². The summed E-state index contributed by atoms with van der Waals surface area (Å²) < 4.78 is 5.64. The maximum absolute atomic E-state index is 10.2. The van der Waals surface area contributed by atoms with Crippen molar-refractivity contribution in [2.24, 2.45) is 0 Å². The molecule has 0 aliphatic heterocycles. The molecule has 2 heteroatoms. The molecule has 0 bridgehead atoms. The Morgan fingerprint density at radius 2 is 1.84 bits per heavy atom. The molecule has 1 fully saturated rings. The van der Waals surface area contributed by atoms with E-state index in [9.17, 15) is 5.11 Å². The van der Waals surface area contributed by atoms with E-state index in [0.717, 1.165) is 30.4 Å². The van der Waals surface area contributed by atoms with Crippen LogP contribution >= 0.6 is 0 Å². The lowest BCUT2D eigenvalue weighted by Gasteiger charge is -2.35. The summed E-state index contributed by atoms with van der Waals surface area (Å²) in [6, 6.07) is 19.7. The molecule has 1 aliphatic rings. The van der Waals surface area contributed by atoms with Crippen LogP contribution in [0.4, 0.5) is 0 Å². The molecular weight excluding hydrogens is 236 g/mol. The predicted molar refractivity (Wildman–Crippen MR) is 72.6 cm³/mol. The first-order valence-electron chi connectivity index (χ1n) is 6.60. The van der Waals surface area contributed by atoms with E-state index >= 15 is 0 Å². The van der Waals surface area contributed by atoms with Crippen LogP contribution in [0, 0.1) is 12.1 Å². The van der Waals surface area contributed by atoms with Crippen molar-refractivity contribution in [3.05, 3.63) is 65.7 Å². The maximum atomic E-state index is 10.2. The van der Waals surface area contributed by atoms with E-state index in [1.807, 2.05) is 42.5 Å². The summed E-state index contributed by atoms with van der Waals surface area (Å²) in [6.07, 6.45) is 2.72. The van der Waals surface area contributed by atoms with Gasteiger partial charge in [-0.2, -0.15) is 0 Å².